The van der Waals surface area contributed by atoms with Crippen LogP contribution >= 0.6 is 0 Å². The summed E-state index contributed by atoms with van der Waals surface area (Å²) in [4.78, 5) is 26.2. The third-order valence-corrected chi connectivity index (χ3v) is 5.13. The Labute approximate surface area is 200 Å². The first-order valence-corrected chi connectivity index (χ1v) is 11.4. The average molecular weight is 466 g/mol. The first kappa shape index (κ1) is 24.9. The van der Waals surface area contributed by atoms with Gasteiger partial charge in [0.1, 0.15) is 29.8 Å². The molecule has 8 heteroatoms. The molecule has 0 spiro atoms. The van der Waals surface area contributed by atoms with Crippen molar-refractivity contribution < 1.29 is 23.8 Å². The summed E-state index contributed by atoms with van der Waals surface area (Å²) in [5.74, 6) is 1.08. The SMILES string of the molecule is CC(C)(C)OC(=O)N1CCC(Oc2ccc(C(=O)NCCOc3cccc(C#N)c3)cc2)CC1. The molecule has 1 aliphatic heterocycles. The molecule has 0 radical (unpaired) electrons. The lowest BCUT2D eigenvalue weighted by atomic mass is 10.1. The fraction of sp³-hybridized carbons (Fsp3) is 0.423. The smallest absolute Gasteiger partial charge is 0.410 e. The molecule has 0 aliphatic carbocycles. The van der Waals surface area contributed by atoms with Crippen molar-refractivity contribution in [2.75, 3.05) is 26.2 Å². The molecule has 0 unspecified atom stereocenters. The van der Waals surface area contributed by atoms with Crippen LogP contribution in [-0.4, -0.2) is 54.8 Å². The Morgan fingerprint density at radius 2 is 1.79 bits per heavy atom. The molecule has 1 N–H and O–H groups in total. The number of ether oxygens (including phenoxy) is 3. The number of hydrogen-bond acceptors (Lipinski definition) is 6. The molecule has 3 rings (SSSR count). The maximum Gasteiger partial charge on any atom is 0.410 e. The van der Waals surface area contributed by atoms with E-state index in [1.165, 1.54) is 0 Å². The minimum Gasteiger partial charge on any atom is -0.492 e. The average Bonchev–Trinajstić information content (AvgIpc) is 2.81. The van der Waals surface area contributed by atoms with Crippen LogP contribution in [0.25, 0.3) is 0 Å². The van der Waals surface area contributed by atoms with Crippen molar-refractivity contribution in [1.29, 1.82) is 5.26 Å². The number of piperidine rings is 1. The van der Waals surface area contributed by atoms with Gasteiger partial charge in [0.05, 0.1) is 18.2 Å². The maximum atomic E-state index is 12.4. The van der Waals surface area contributed by atoms with Crippen LogP contribution in [-0.2, 0) is 4.74 Å². The van der Waals surface area contributed by atoms with Gasteiger partial charge in [-0.05, 0) is 63.2 Å². The van der Waals surface area contributed by atoms with Crippen molar-refractivity contribution >= 4 is 12.0 Å². The number of amides is 2. The van der Waals surface area contributed by atoms with Crippen molar-refractivity contribution in [2.24, 2.45) is 0 Å². The number of nitrogens with zero attached hydrogens (tertiary/aromatic N) is 2. The lowest BCUT2D eigenvalue weighted by Crippen LogP contribution is -2.44. The lowest BCUT2D eigenvalue weighted by molar-refractivity contribution is 0.0126. The number of likely N-dealkylation sites (tertiary alicyclic amines) is 1. The summed E-state index contributed by atoms with van der Waals surface area (Å²) in [7, 11) is 0. The summed E-state index contributed by atoms with van der Waals surface area (Å²) in [6, 6.07) is 15.9. The van der Waals surface area contributed by atoms with Crippen LogP contribution in [0.1, 0.15) is 49.5 Å². The van der Waals surface area contributed by atoms with Gasteiger partial charge in [-0.1, -0.05) is 6.07 Å². The Hall–Kier alpha value is -3.73. The van der Waals surface area contributed by atoms with Crippen LogP contribution in [0.3, 0.4) is 0 Å². The highest BCUT2D eigenvalue weighted by atomic mass is 16.6. The summed E-state index contributed by atoms with van der Waals surface area (Å²) >= 11 is 0. The molecule has 34 heavy (non-hydrogen) atoms. The van der Waals surface area contributed by atoms with Gasteiger partial charge in [0.25, 0.3) is 5.91 Å². The molecule has 1 fully saturated rings. The number of nitrogens with one attached hydrogen (secondary N) is 1. The predicted molar refractivity (Wildman–Crippen MR) is 127 cm³/mol. The van der Waals surface area contributed by atoms with Crippen molar-refractivity contribution in [3.05, 3.63) is 59.7 Å². The van der Waals surface area contributed by atoms with Gasteiger partial charge in [0, 0.05) is 31.5 Å². The lowest BCUT2D eigenvalue weighted by Gasteiger charge is -2.33. The van der Waals surface area contributed by atoms with E-state index in [2.05, 4.69) is 11.4 Å². The van der Waals surface area contributed by atoms with Crippen molar-refractivity contribution in [1.82, 2.24) is 10.2 Å². The number of carbonyl (C=O) groups is 2. The van der Waals surface area contributed by atoms with E-state index in [1.807, 2.05) is 20.8 Å². The Bertz CT molecular complexity index is 1020. The highest BCUT2D eigenvalue weighted by molar-refractivity contribution is 5.94. The number of rotatable bonds is 7. The van der Waals surface area contributed by atoms with Gasteiger partial charge in [-0.15, -0.1) is 0 Å². The molecule has 2 aromatic carbocycles. The number of carbonyl (C=O) groups excluding carboxylic acids is 2. The maximum absolute atomic E-state index is 12.4. The summed E-state index contributed by atoms with van der Waals surface area (Å²) < 4.78 is 17.0. The third kappa shape index (κ3) is 7.69. The zero-order valence-corrected chi connectivity index (χ0v) is 19.9. The van der Waals surface area contributed by atoms with Crippen LogP contribution in [0.15, 0.2) is 48.5 Å². The summed E-state index contributed by atoms with van der Waals surface area (Å²) in [5, 5.41) is 11.7. The molecule has 8 nitrogen and oxygen atoms in total. The van der Waals surface area contributed by atoms with Crippen LogP contribution < -0.4 is 14.8 Å². The number of benzene rings is 2. The minimum atomic E-state index is -0.504. The second-order valence-electron chi connectivity index (χ2n) is 9.05. The van der Waals surface area contributed by atoms with Gasteiger partial charge >= 0.3 is 6.09 Å². The van der Waals surface area contributed by atoms with E-state index < -0.39 is 5.60 Å². The predicted octanol–water partition coefficient (Wildman–Crippen LogP) is 4.15. The van der Waals surface area contributed by atoms with Crippen molar-refractivity contribution in [3.63, 3.8) is 0 Å². The highest BCUT2D eigenvalue weighted by Gasteiger charge is 2.27. The topological polar surface area (TPSA) is 101 Å². The molecule has 0 atom stereocenters. The quantitative estimate of drug-likeness (QED) is 0.617. The van der Waals surface area contributed by atoms with Crippen molar-refractivity contribution in [3.8, 4) is 17.6 Å². The molecule has 0 bridgehead atoms. The van der Waals surface area contributed by atoms with E-state index in [9.17, 15) is 9.59 Å². The van der Waals surface area contributed by atoms with Gasteiger partial charge in [0.15, 0.2) is 0 Å². The second kappa shape index (κ2) is 11.4. The van der Waals surface area contributed by atoms with Gasteiger partial charge in [-0.2, -0.15) is 5.26 Å². The van der Waals surface area contributed by atoms with Gasteiger partial charge < -0.3 is 24.4 Å². The second-order valence-corrected chi connectivity index (χ2v) is 9.05. The molecular weight excluding hydrogens is 434 g/mol. The van der Waals surface area contributed by atoms with E-state index in [-0.39, 0.29) is 18.1 Å². The molecule has 1 aliphatic rings. The normalized spacial score (nSPS) is 14.1. The molecule has 2 amide bonds. The van der Waals surface area contributed by atoms with Gasteiger partial charge in [0.2, 0.25) is 0 Å². The molecule has 180 valence electrons. The standard InChI is InChI=1S/C26H31N3O5/c1-26(2,3)34-25(31)29-14-11-22(12-15-29)33-21-9-7-20(8-10-21)24(30)28-13-16-32-23-6-4-5-19(17-23)18-27/h4-10,17,22H,11-16H2,1-3H3,(H,28,30). The van der Waals surface area contributed by atoms with Crippen LogP contribution in [0, 0.1) is 11.3 Å². The minimum absolute atomic E-state index is 0.00930. The fourth-order valence-corrected chi connectivity index (χ4v) is 3.45. The zero-order valence-electron chi connectivity index (χ0n) is 19.9. The van der Waals surface area contributed by atoms with E-state index in [0.717, 1.165) is 12.8 Å². The Kier molecular flexibility index (Phi) is 8.36. The molecule has 1 saturated heterocycles. The summed E-state index contributed by atoms with van der Waals surface area (Å²) in [5.41, 5.74) is 0.547. The van der Waals surface area contributed by atoms with Gasteiger partial charge in [-0.3, -0.25) is 4.79 Å². The Morgan fingerprint density at radius 3 is 2.44 bits per heavy atom. The third-order valence-electron chi connectivity index (χ3n) is 5.13. The van der Waals surface area contributed by atoms with Gasteiger partial charge in [-0.25, -0.2) is 4.79 Å². The van der Waals surface area contributed by atoms with Crippen LogP contribution in [0.2, 0.25) is 0 Å². The van der Waals surface area contributed by atoms with E-state index in [0.29, 0.717) is 48.9 Å². The summed E-state index contributed by atoms with van der Waals surface area (Å²) in [6.07, 6.45) is 1.16. The molecule has 1 heterocycles. The largest absolute Gasteiger partial charge is 0.492 e. The fourth-order valence-electron chi connectivity index (χ4n) is 3.45. The van der Waals surface area contributed by atoms with E-state index in [4.69, 9.17) is 19.5 Å². The van der Waals surface area contributed by atoms with E-state index in [1.54, 1.807) is 53.4 Å². The molecule has 0 saturated carbocycles. The van der Waals surface area contributed by atoms with Crippen LogP contribution in [0.5, 0.6) is 11.5 Å². The summed E-state index contributed by atoms with van der Waals surface area (Å²) in [6.45, 7) is 7.37. The molecule has 0 aromatic heterocycles. The Morgan fingerprint density at radius 1 is 1.09 bits per heavy atom. The van der Waals surface area contributed by atoms with Crippen LogP contribution in [0.4, 0.5) is 4.79 Å². The first-order chi connectivity index (χ1) is 16.2. The molecular formula is C26H31N3O5. The first-order valence-electron chi connectivity index (χ1n) is 11.4. The number of nitriles is 1. The Balaban J connectivity index is 1.38. The monoisotopic (exact) mass is 465 g/mol. The zero-order chi connectivity index (χ0) is 24.6. The van der Waals surface area contributed by atoms with Crippen molar-refractivity contribution in [2.45, 2.75) is 45.3 Å². The molecule has 2 aromatic rings. The van der Waals surface area contributed by atoms with E-state index >= 15 is 0 Å². The number of hydrogen-bond donors (Lipinski definition) is 1. The highest BCUT2D eigenvalue weighted by Crippen LogP contribution is 2.21.